The molecule has 2 rings (SSSR count). The van der Waals surface area contributed by atoms with Crippen LogP contribution in [0.1, 0.15) is 0 Å². The van der Waals surface area contributed by atoms with Gasteiger partial charge in [-0.05, 0) is 12.1 Å². The maximum absolute atomic E-state index is 11.6. The Morgan fingerprint density at radius 2 is 1.47 bits per heavy atom. The highest BCUT2D eigenvalue weighted by Crippen LogP contribution is 2.35. The Hall–Kier alpha value is -1.96. The van der Waals surface area contributed by atoms with Gasteiger partial charge in [0.05, 0.1) is 7.11 Å². The molecule has 0 aliphatic rings. The summed E-state index contributed by atoms with van der Waals surface area (Å²) in [6.07, 6.45) is 0. The zero-order valence-electron chi connectivity index (χ0n) is 8.44. The molecule has 0 saturated heterocycles. The number of hydrogen-bond acceptors (Lipinski definition) is 1. The van der Waals surface area contributed by atoms with E-state index in [-0.39, 0.29) is 5.75 Å². The molecule has 0 aliphatic heterocycles. The van der Waals surface area contributed by atoms with Crippen molar-refractivity contribution in [2.45, 2.75) is 0 Å². The van der Waals surface area contributed by atoms with Gasteiger partial charge in [-0.15, -0.1) is 0 Å². The van der Waals surface area contributed by atoms with Crippen LogP contribution in [0.15, 0.2) is 48.5 Å². The van der Waals surface area contributed by atoms with Crippen molar-refractivity contribution in [3.63, 3.8) is 0 Å². The predicted molar refractivity (Wildman–Crippen MR) is 58.6 cm³/mol. The fourth-order valence-corrected chi connectivity index (χ4v) is 1.56. The van der Waals surface area contributed by atoms with Crippen LogP contribution in [0.25, 0.3) is 11.1 Å². The van der Waals surface area contributed by atoms with Crippen LogP contribution < -0.4 is 4.74 Å². The fraction of sp³-hybridized carbons (Fsp3) is 0.0769. The molecule has 0 aliphatic carbocycles. The van der Waals surface area contributed by atoms with Gasteiger partial charge in [-0.1, -0.05) is 36.4 Å². The van der Waals surface area contributed by atoms with Crippen LogP contribution in [0.4, 0.5) is 0 Å². The largest absolute Gasteiger partial charge is 0.496 e. The number of ether oxygens (including phenoxy) is 1. The molecule has 0 unspecified atom stereocenters. The van der Waals surface area contributed by atoms with Crippen LogP contribution in [0, 0.1) is 0 Å². The summed E-state index contributed by atoms with van der Waals surface area (Å²) < 4.78 is 5.22. The van der Waals surface area contributed by atoms with E-state index in [2.05, 4.69) is 0 Å². The van der Waals surface area contributed by atoms with Gasteiger partial charge in [0.15, 0.2) is 5.75 Å². The Morgan fingerprint density at radius 3 is 2.13 bits per heavy atom. The van der Waals surface area contributed by atoms with E-state index < -0.39 is 0 Å². The lowest BCUT2D eigenvalue weighted by molar-refractivity contribution is 0.356. The first kappa shape index (κ1) is 9.59. The molecular formula is C13H11O2. The molecule has 0 atom stereocenters. The third-order valence-electron chi connectivity index (χ3n) is 2.28. The van der Waals surface area contributed by atoms with E-state index in [9.17, 15) is 5.11 Å². The lowest BCUT2D eigenvalue weighted by atomic mass is 10.0. The second-order valence-electron chi connectivity index (χ2n) is 3.20. The minimum atomic E-state index is 0.0157. The monoisotopic (exact) mass is 199 g/mol. The molecule has 0 heterocycles. The van der Waals surface area contributed by atoms with Crippen molar-refractivity contribution in [3.8, 4) is 22.6 Å². The van der Waals surface area contributed by atoms with Crippen molar-refractivity contribution in [2.24, 2.45) is 0 Å². The number of hydrogen-bond donors (Lipinski definition) is 0. The molecule has 0 amide bonds. The van der Waals surface area contributed by atoms with E-state index in [4.69, 9.17) is 4.74 Å². The molecule has 0 fully saturated rings. The molecule has 15 heavy (non-hydrogen) atoms. The first-order chi connectivity index (χ1) is 7.33. The van der Waals surface area contributed by atoms with Gasteiger partial charge in [-0.2, -0.15) is 0 Å². The van der Waals surface area contributed by atoms with E-state index in [1.807, 2.05) is 30.3 Å². The summed E-state index contributed by atoms with van der Waals surface area (Å²) in [7, 11) is 1.60. The highest BCUT2D eigenvalue weighted by molar-refractivity contribution is 5.75. The van der Waals surface area contributed by atoms with Gasteiger partial charge in [-0.3, -0.25) is 5.11 Å². The summed E-state index contributed by atoms with van der Waals surface area (Å²) in [5.41, 5.74) is 1.51. The Kier molecular flexibility index (Phi) is 2.59. The number of para-hydroxylation sites is 2. The number of benzene rings is 2. The molecule has 0 bridgehead atoms. The van der Waals surface area contributed by atoms with Crippen molar-refractivity contribution in [2.75, 3.05) is 7.11 Å². The fourth-order valence-electron chi connectivity index (χ4n) is 1.56. The van der Waals surface area contributed by atoms with Crippen LogP contribution in [-0.4, -0.2) is 7.11 Å². The van der Waals surface area contributed by atoms with Gasteiger partial charge in [0, 0.05) is 11.1 Å². The SMILES string of the molecule is COc1ccccc1-c1ccccc1[O]. The van der Waals surface area contributed by atoms with E-state index in [1.54, 1.807) is 25.3 Å². The van der Waals surface area contributed by atoms with Gasteiger partial charge in [0.1, 0.15) is 5.75 Å². The quantitative estimate of drug-likeness (QED) is 0.727. The lowest BCUT2D eigenvalue weighted by Gasteiger charge is -2.08. The molecule has 2 nitrogen and oxygen atoms in total. The molecule has 0 N–H and O–H groups in total. The second kappa shape index (κ2) is 4.05. The summed E-state index contributed by atoms with van der Waals surface area (Å²) in [6, 6.07) is 14.5. The number of methoxy groups -OCH3 is 1. The van der Waals surface area contributed by atoms with Gasteiger partial charge in [-0.25, -0.2) is 0 Å². The van der Waals surface area contributed by atoms with Gasteiger partial charge >= 0.3 is 0 Å². The maximum Gasteiger partial charge on any atom is 0.186 e. The van der Waals surface area contributed by atoms with E-state index >= 15 is 0 Å². The summed E-state index contributed by atoms with van der Waals surface area (Å²) in [4.78, 5) is 0. The highest BCUT2D eigenvalue weighted by Gasteiger charge is 2.08. The minimum Gasteiger partial charge on any atom is -0.496 e. The van der Waals surface area contributed by atoms with Gasteiger partial charge in [0.25, 0.3) is 0 Å². The number of rotatable bonds is 2. The maximum atomic E-state index is 11.6. The average molecular weight is 199 g/mol. The molecule has 1 radical (unpaired) electrons. The third kappa shape index (κ3) is 1.79. The van der Waals surface area contributed by atoms with Crippen LogP contribution in [0.2, 0.25) is 0 Å². The Labute approximate surface area is 88.8 Å². The van der Waals surface area contributed by atoms with Crippen molar-refractivity contribution in [1.82, 2.24) is 0 Å². The molecule has 2 heteroatoms. The molecule has 2 aromatic carbocycles. The van der Waals surface area contributed by atoms with Crippen LogP contribution >= 0.6 is 0 Å². The summed E-state index contributed by atoms with van der Waals surface area (Å²) in [5.74, 6) is 0.739. The van der Waals surface area contributed by atoms with Gasteiger partial charge < -0.3 is 4.74 Å². The molecule has 75 valence electrons. The van der Waals surface area contributed by atoms with Crippen LogP contribution in [0.5, 0.6) is 11.5 Å². The predicted octanol–water partition coefficient (Wildman–Crippen LogP) is 3.51. The summed E-state index contributed by atoms with van der Waals surface area (Å²) in [6.45, 7) is 0. The lowest BCUT2D eigenvalue weighted by Crippen LogP contribution is -1.87. The molecule has 2 aromatic rings. The summed E-state index contributed by atoms with van der Waals surface area (Å²) >= 11 is 0. The highest BCUT2D eigenvalue weighted by atomic mass is 16.5. The minimum absolute atomic E-state index is 0.0157. The standard InChI is InChI=1S/C13H11O2/c1-15-13-9-5-3-7-11(13)10-6-2-4-8-12(10)14/h2-9H,1H3. The second-order valence-corrected chi connectivity index (χ2v) is 3.20. The van der Waals surface area contributed by atoms with E-state index in [0.717, 1.165) is 11.3 Å². The Bertz CT molecular complexity index is 464. The van der Waals surface area contributed by atoms with E-state index in [1.165, 1.54) is 0 Å². The Balaban J connectivity index is 2.59. The summed E-state index contributed by atoms with van der Waals surface area (Å²) in [5, 5.41) is 11.6. The average Bonchev–Trinajstić information content (AvgIpc) is 2.30. The molecule has 0 aromatic heterocycles. The first-order valence-electron chi connectivity index (χ1n) is 4.72. The molecule has 0 saturated carbocycles. The smallest absolute Gasteiger partial charge is 0.186 e. The zero-order chi connectivity index (χ0) is 10.7. The van der Waals surface area contributed by atoms with Crippen LogP contribution in [0.3, 0.4) is 0 Å². The van der Waals surface area contributed by atoms with Crippen molar-refractivity contribution < 1.29 is 9.84 Å². The first-order valence-corrected chi connectivity index (χ1v) is 4.72. The zero-order valence-corrected chi connectivity index (χ0v) is 8.44. The topological polar surface area (TPSA) is 29.1 Å². The van der Waals surface area contributed by atoms with Crippen LogP contribution in [-0.2, 0) is 5.11 Å². The normalized spacial score (nSPS) is 9.93. The molecular weight excluding hydrogens is 188 g/mol. The van der Waals surface area contributed by atoms with Crippen molar-refractivity contribution >= 4 is 0 Å². The molecule has 0 spiro atoms. The van der Waals surface area contributed by atoms with Crippen molar-refractivity contribution in [3.05, 3.63) is 48.5 Å². The van der Waals surface area contributed by atoms with E-state index in [0.29, 0.717) is 5.56 Å². The third-order valence-corrected chi connectivity index (χ3v) is 2.28. The van der Waals surface area contributed by atoms with Crippen molar-refractivity contribution in [1.29, 1.82) is 0 Å². The van der Waals surface area contributed by atoms with Gasteiger partial charge in [0.2, 0.25) is 0 Å². The Morgan fingerprint density at radius 1 is 0.867 bits per heavy atom.